The maximum Gasteiger partial charge on any atom is 0.321 e. The average molecular weight is 561 g/mol. The zero-order valence-corrected chi connectivity index (χ0v) is 21.8. The number of carboxylic acids is 4. The fourth-order valence-corrected chi connectivity index (χ4v) is 1.97. The van der Waals surface area contributed by atoms with E-state index in [-0.39, 0.29) is 25.2 Å². The lowest BCUT2D eigenvalue weighted by molar-refractivity contribution is -0.140. The van der Waals surface area contributed by atoms with Crippen LogP contribution in [0.1, 0.15) is 38.7 Å². The molecular weight excluding hydrogens is 520 g/mol. The molecule has 0 fully saturated rings. The number of carboxylic acid groups (broad SMARTS) is 4. The van der Waals surface area contributed by atoms with Crippen molar-refractivity contribution in [3.8, 4) is 0 Å². The van der Waals surface area contributed by atoms with Gasteiger partial charge in [-0.2, -0.15) is 0 Å². The van der Waals surface area contributed by atoms with Crippen LogP contribution in [-0.4, -0.2) is 80.3 Å². The van der Waals surface area contributed by atoms with E-state index in [0.717, 1.165) is 5.56 Å². The number of benzene rings is 1. The second-order valence-electron chi connectivity index (χ2n) is 8.31. The molecule has 16 heteroatoms. The third-order valence-corrected chi connectivity index (χ3v) is 4.38. The van der Waals surface area contributed by atoms with Crippen LogP contribution in [-0.2, 0) is 35.2 Å². The number of nitrogens with two attached hydrogens (primary N) is 6. The molecule has 39 heavy (non-hydrogen) atoms. The second kappa shape index (κ2) is 21.9. The Morgan fingerprint density at radius 2 is 1.10 bits per heavy atom. The average Bonchev–Trinajstić information content (AvgIpc) is 2.83. The minimum absolute atomic E-state index is 0.0208. The van der Waals surface area contributed by atoms with E-state index in [2.05, 4.69) is 5.73 Å². The van der Waals surface area contributed by atoms with Gasteiger partial charge in [0.2, 0.25) is 11.8 Å². The van der Waals surface area contributed by atoms with Crippen LogP contribution >= 0.6 is 0 Å². The van der Waals surface area contributed by atoms with Crippen molar-refractivity contribution in [1.29, 1.82) is 0 Å². The van der Waals surface area contributed by atoms with Gasteiger partial charge in [-0.15, -0.1) is 0 Å². The second-order valence-corrected chi connectivity index (χ2v) is 8.31. The van der Waals surface area contributed by atoms with Crippen molar-refractivity contribution in [3.63, 3.8) is 0 Å². The first-order valence-electron chi connectivity index (χ1n) is 11.4. The van der Waals surface area contributed by atoms with E-state index >= 15 is 0 Å². The summed E-state index contributed by atoms with van der Waals surface area (Å²) in [6.45, 7) is 3.55. The van der Waals surface area contributed by atoms with Crippen molar-refractivity contribution < 1.29 is 49.2 Å². The molecule has 2 amide bonds. The normalized spacial score (nSPS) is 12.8. The molecular formula is C23H40N6O10. The molecule has 0 bridgehead atoms. The zero-order chi connectivity index (χ0) is 31.3. The number of carbonyl (C=O) groups is 6. The fourth-order valence-electron chi connectivity index (χ4n) is 1.97. The summed E-state index contributed by atoms with van der Waals surface area (Å²) < 4.78 is 0. The monoisotopic (exact) mass is 560 g/mol. The molecule has 222 valence electrons. The maximum absolute atomic E-state index is 10.4. The molecule has 0 radical (unpaired) electrons. The largest absolute Gasteiger partial charge is 0.480 e. The first-order valence-corrected chi connectivity index (χ1v) is 11.4. The summed E-state index contributed by atoms with van der Waals surface area (Å²) in [7, 11) is 0. The van der Waals surface area contributed by atoms with Crippen molar-refractivity contribution in [2.24, 2.45) is 40.3 Å². The molecule has 0 aliphatic heterocycles. The molecule has 0 aliphatic rings. The summed E-state index contributed by atoms with van der Waals surface area (Å²) in [6, 6.07) is 5.69. The Hall–Kier alpha value is -4.12. The molecule has 0 aliphatic carbocycles. The number of hydrogen-bond donors (Lipinski definition) is 10. The Kier molecular flexibility index (Phi) is 22.1. The summed E-state index contributed by atoms with van der Waals surface area (Å²) in [5, 5.41) is 33.1. The lowest BCUT2D eigenvalue weighted by Gasteiger charge is -2.07. The summed E-state index contributed by atoms with van der Waals surface area (Å²) in [5.74, 6) is -5.43. The van der Waals surface area contributed by atoms with Gasteiger partial charge in [0, 0.05) is 6.42 Å². The van der Waals surface area contributed by atoms with E-state index in [4.69, 9.17) is 49.1 Å². The molecule has 0 aromatic heterocycles. The van der Waals surface area contributed by atoms with Gasteiger partial charge in [-0.05, 0) is 24.3 Å². The fraction of sp³-hybridized carbons (Fsp3) is 0.478. The molecule has 0 saturated carbocycles. The van der Waals surface area contributed by atoms with Crippen LogP contribution in [0.5, 0.6) is 0 Å². The van der Waals surface area contributed by atoms with Crippen LogP contribution in [0, 0.1) is 5.92 Å². The Bertz CT molecular complexity index is 914. The van der Waals surface area contributed by atoms with Crippen LogP contribution in [0.3, 0.4) is 0 Å². The number of hydrogen-bond acceptors (Lipinski definition) is 10. The predicted octanol–water partition coefficient (Wildman–Crippen LogP) is -2.37. The molecule has 16 nitrogen and oxygen atoms in total. The highest BCUT2D eigenvalue weighted by Crippen LogP contribution is 2.01. The third-order valence-electron chi connectivity index (χ3n) is 4.38. The SMILES string of the molecule is CC(C)[C@H](N)C(=O)O.NC(=O)CC[C@H](N)C(=O)O.NC(=O)C[C@H](N)C(=O)O.N[C@@H](Cc1ccccc1)C(=O)O. The molecule has 0 unspecified atom stereocenters. The van der Waals surface area contributed by atoms with Crippen molar-refractivity contribution in [1.82, 2.24) is 0 Å². The number of primary amides is 2. The van der Waals surface area contributed by atoms with Crippen LogP contribution in [0.4, 0.5) is 0 Å². The highest BCUT2D eigenvalue weighted by atomic mass is 16.4. The quantitative estimate of drug-likeness (QED) is 0.128. The Morgan fingerprint density at radius 1 is 0.667 bits per heavy atom. The van der Waals surface area contributed by atoms with Gasteiger partial charge < -0.3 is 54.8 Å². The molecule has 0 saturated heterocycles. The molecule has 0 heterocycles. The highest BCUT2D eigenvalue weighted by molar-refractivity contribution is 5.83. The van der Waals surface area contributed by atoms with Crippen molar-refractivity contribution in [2.75, 3.05) is 0 Å². The first kappa shape index (κ1) is 39.4. The standard InChI is InChI=1S/C9H11NO2.C5H10N2O3.C5H11NO2.C4H8N2O3/c10-8(9(11)12)6-7-4-2-1-3-5-7;6-3(5(9)10)1-2-4(7)8;1-3(2)4(6)5(7)8;5-2(4(8)9)1-3(6)7/h1-5,8H,6,10H2,(H,11,12);3H,1-2,6H2,(H2,7,8)(H,9,10);3-4H,6H2,1-2H3,(H,7,8);2H,1,5H2,(H2,6,7)(H,8,9)/t8-;3-;4-;2-/m0000/s1. The van der Waals surface area contributed by atoms with Gasteiger partial charge >= 0.3 is 23.9 Å². The van der Waals surface area contributed by atoms with Crippen LogP contribution in [0.25, 0.3) is 0 Å². The van der Waals surface area contributed by atoms with E-state index in [0.29, 0.717) is 6.42 Å². The molecule has 0 spiro atoms. The van der Waals surface area contributed by atoms with E-state index < -0.39 is 59.9 Å². The third kappa shape index (κ3) is 25.3. The van der Waals surface area contributed by atoms with Gasteiger partial charge in [0.25, 0.3) is 0 Å². The van der Waals surface area contributed by atoms with Gasteiger partial charge in [-0.1, -0.05) is 44.2 Å². The van der Waals surface area contributed by atoms with Gasteiger partial charge in [0.05, 0.1) is 6.42 Å². The van der Waals surface area contributed by atoms with Gasteiger partial charge in [0.15, 0.2) is 0 Å². The summed E-state index contributed by atoms with van der Waals surface area (Å²) in [6.07, 6.45) is 0.198. The first-order chi connectivity index (χ1) is 17.8. The number of aliphatic carboxylic acids is 4. The van der Waals surface area contributed by atoms with Gasteiger partial charge in [-0.25, -0.2) is 0 Å². The topological polar surface area (TPSA) is 339 Å². The minimum atomic E-state index is -1.21. The smallest absolute Gasteiger partial charge is 0.321 e. The van der Waals surface area contributed by atoms with E-state index in [1.807, 2.05) is 30.3 Å². The summed E-state index contributed by atoms with van der Waals surface area (Å²) in [4.78, 5) is 60.4. The Morgan fingerprint density at radius 3 is 1.36 bits per heavy atom. The molecule has 4 atom stereocenters. The van der Waals surface area contributed by atoms with Gasteiger partial charge in [-0.3, -0.25) is 28.8 Å². The van der Waals surface area contributed by atoms with E-state index in [9.17, 15) is 28.8 Å². The van der Waals surface area contributed by atoms with E-state index in [1.54, 1.807) is 13.8 Å². The lowest BCUT2D eigenvalue weighted by Crippen LogP contribution is -2.34. The number of rotatable bonds is 12. The number of carbonyl (C=O) groups excluding carboxylic acids is 2. The van der Waals surface area contributed by atoms with Crippen LogP contribution < -0.4 is 34.4 Å². The molecule has 1 aromatic carbocycles. The van der Waals surface area contributed by atoms with Gasteiger partial charge in [0.1, 0.15) is 24.2 Å². The predicted molar refractivity (Wildman–Crippen MR) is 140 cm³/mol. The molecule has 1 aromatic rings. The number of amides is 2. The molecule has 1 rings (SSSR count). The van der Waals surface area contributed by atoms with Crippen molar-refractivity contribution >= 4 is 35.7 Å². The van der Waals surface area contributed by atoms with Crippen LogP contribution in [0.2, 0.25) is 0 Å². The lowest BCUT2D eigenvalue weighted by atomic mass is 10.1. The van der Waals surface area contributed by atoms with Crippen LogP contribution in [0.15, 0.2) is 30.3 Å². The maximum atomic E-state index is 10.4. The van der Waals surface area contributed by atoms with E-state index in [1.165, 1.54) is 0 Å². The Balaban J connectivity index is -0.000000449. The highest BCUT2D eigenvalue weighted by Gasteiger charge is 2.15. The summed E-state index contributed by atoms with van der Waals surface area (Å²) >= 11 is 0. The minimum Gasteiger partial charge on any atom is -0.480 e. The van der Waals surface area contributed by atoms with Crippen molar-refractivity contribution in [2.45, 2.75) is 63.7 Å². The zero-order valence-electron chi connectivity index (χ0n) is 21.8. The summed E-state index contributed by atoms with van der Waals surface area (Å²) in [5.41, 5.74) is 30.8. The molecule has 16 N–H and O–H groups in total. The van der Waals surface area contributed by atoms with Crippen molar-refractivity contribution in [3.05, 3.63) is 35.9 Å². The Labute approximate surface area is 225 Å².